The average Bonchev–Trinajstić information content (AvgIpc) is 2.66. The first-order chi connectivity index (χ1) is 7.12. The van der Waals surface area contributed by atoms with Crippen molar-refractivity contribution in [3.8, 4) is 0 Å². The number of sulfonamides is 1. The number of aromatic nitrogens is 2. The van der Waals surface area contributed by atoms with Gasteiger partial charge < -0.3 is 5.73 Å². The van der Waals surface area contributed by atoms with E-state index in [1.807, 2.05) is 0 Å². The Bertz CT molecular complexity index is 436. The third-order valence-electron chi connectivity index (χ3n) is 2.22. The van der Waals surface area contributed by atoms with Crippen LogP contribution in [0.25, 0.3) is 0 Å². The summed E-state index contributed by atoms with van der Waals surface area (Å²) >= 11 is 1.76. The predicted molar refractivity (Wildman–Crippen MR) is 59.1 cm³/mol. The number of hydrogen-bond acceptors (Lipinski definition) is 5. The fraction of sp³-hybridized carbons (Fsp3) is 0.571. The van der Waals surface area contributed by atoms with E-state index in [0.717, 1.165) is 11.5 Å². The van der Waals surface area contributed by atoms with Crippen LogP contribution in [0.1, 0.15) is 0 Å². The molecule has 0 unspecified atom stereocenters. The zero-order valence-electron chi connectivity index (χ0n) is 8.01. The van der Waals surface area contributed by atoms with Crippen LogP contribution in [-0.2, 0) is 10.0 Å². The van der Waals surface area contributed by atoms with Crippen LogP contribution in [-0.4, -0.2) is 47.5 Å². The maximum Gasteiger partial charge on any atom is 0.248 e. The van der Waals surface area contributed by atoms with Crippen molar-refractivity contribution in [2.24, 2.45) is 0 Å². The maximum atomic E-state index is 12.0. The Kier molecular flexibility index (Phi) is 2.89. The van der Waals surface area contributed by atoms with Crippen molar-refractivity contribution in [2.45, 2.75) is 4.90 Å². The van der Waals surface area contributed by atoms with Crippen molar-refractivity contribution in [3.63, 3.8) is 0 Å². The van der Waals surface area contributed by atoms with Crippen molar-refractivity contribution < 1.29 is 8.42 Å². The van der Waals surface area contributed by atoms with Crippen molar-refractivity contribution in [1.82, 2.24) is 14.5 Å². The van der Waals surface area contributed by atoms with E-state index in [9.17, 15) is 8.42 Å². The van der Waals surface area contributed by atoms with Crippen molar-refractivity contribution >= 4 is 27.6 Å². The molecular formula is C7H12N4O2S2. The molecule has 0 aliphatic carbocycles. The average molecular weight is 248 g/mol. The Hall–Kier alpha value is -0.730. The number of nitrogen functional groups attached to an aromatic ring is 1. The van der Waals surface area contributed by atoms with Crippen molar-refractivity contribution in [1.29, 1.82) is 0 Å². The fourth-order valence-electron chi connectivity index (χ4n) is 1.42. The van der Waals surface area contributed by atoms with E-state index in [1.165, 1.54) is 10.5 Å². The summed E-state index contributed by atoms with van der Waals surface area (Å²) in [6.45, 7) is 1.08. The molecule has 2 heterocycles. The van der Waals surface area contributed by atoms with E-state index in [2.05, 4.69) is 10.2 Å². The van der Waals surface area contributed by atoms with E-state index in [4.69, 9.17) is 5.73 Å². The van der Waals surface area contributed by atoms with Gasteiger partial charge in [0.05, 0.1) is 6.20 Å². The van der Waals surface area contributed by atoms with Gasteiger partial charge in [0.2, 0.25) is 10.0 Å². The molecule has 1 aliphatic heterocycles. The Morgan fingerprint density at radius 2 is 2.13 bits per heavy atom. The highest BCUT2D eigenvalue weighted by molar-refractivity contribution is 7.99. The molecule has 84 valence electrons. The minimum atomic E-state index is -3.45. The molecule has 0 spiro atoms. The van der Waals surface area contributed by atoms with E-state index in [0.29, 0.717) is 13.1 Å². The van der Waals surface area contributed by atoms with Crippen LogP contribution < -0.4 is 5.73 Å². The van der Waals surface area contributed by atoms with Crippen LogP contribution >= 0.6 is 11.8 Å². The third-order valence-corrected chi connectivity index (χ3v) is 5.09. The first-order valence-electron chi connectivity index (χ1n) is 4.49. The molecule has 2 rings (SSSR count). The highest BCUT2D eigenvalue weighted by atomic mass is 32.2. The molecule has 8 heteroatoms. The van der Waals surface area contributed by atoms with E-state index >= 15 is 0 Å². The van der Waals surface area contributed by atoms with Gasteiger partial charge in [-0.2, -0.15) is 21.2 Å². The molecule has 15 heavy (non-hydrogen) atoms. The van der Waals surface area contributed by atoms with Gasteiger partial charge in [-0.25, -0.2) is 8.42 Å². The minimum Gasteiger partial charge on any atom is -0.383 e. The molecule has 0 amide bonds. The van der Waals surface area contributed by atoms with E-state index < -0.39 is 10.0 Å². The van der Waals surface area contributed by atoms with Crippen LogP contribution in [0.2, 0.25) is 0 Å². The number of hydrogen-bond donors (Lipinski definition) is 2. The topological polar surface area (TPSA) is 92.1 Å². The highest BCUT2D eigenvalue weighted by Crippen LogP contribution is 2.22. The lowest BCUT2D eigenvalue weighted by molar-refractivity contribution is 0.444. The summed E-state index contributed by atoms with van der Waals surface area (Å²) in [7, 11) is -3.45. The summed E-state index contributed by atoms with van der Waals surface area (Å²) in [6.07, 6.45) is 1.26. The first-order valence-corrected chi connectivity index (χ1v) is 7.08. The van der Waals surface area contributed by atoms with Gasteiger partial charge in [-0.15, -0.1) is 0 Å². The summed E-state index contributed by atoms with van der Waals surface area (Å²) in [4.78, 5) is 0.0781. The van der Waals surface area contributed by atoms with Crippen molar-refractivity contribution in [2.75, 3.05) is 30.3 Å². The molecule has 3 N–H and O–H groups in total. The number of anilines is 1. The van der Waals surface area contributed by atoms with Gasteiger partial charge in [0.1, 0.15) is 10.7 Å². The molecule has 1 aromatic heterocycles. The molecule has 1 saturated heterocycles. The quantitative estimate of drug-likeness (QED) is 0.751. The van der Waals surface area contributed by atoms with Gasteiger partial charge >= 0.3 is 0 Å². The maximum absolute atomic E-state index is 12.0. The molecule has 0 aromatic carbocycles. The number of aromatic amines is 1. The van der Waals surface area contributed by atoms with E-state index in [1.54, 1.807) is 11.8 Å². The number of nitrogens with zero attached hydrogens (tertiary/aromatic N) is 2. The second kappa shape index (κ2) is 4.03. The second-order valence-electron chi connectivity index (χ2n) is 3.16. The van der Waals surface area contributed by atoms with Crippen LogP contribution in [0.4, 0.5) is 5.82 Å². The van der Waals surface area contributed by atoms with Crippen LogP contribution in [0.15, 0.2) is 11.1 Å². The second-order valence-corrected chi connectivity index (χ2v) is 6.30. The Balaban J connectivity index is 2.30. The SMILES string of the molecule is Nc1[nH]ncc1S(=O)(=O)N1CCSCC1. The standard InChI is InChI=1S/C7H12N4O2S2/c8-7-6(5-9-10-7)15(12,13)11-1-3-14-4-2-11/h5H,1-4H2,(H3,8,9,10). The summed E-state index contributed by atoms with van der Waals surface area (Å²) < 4.78 is 25.5. The largest absolute Gasteiger partial charge is 0.383 e. The Labute approximate surface area is 92.3 Å². The number of nitrogens with one attached hydrogen (secondary N) is 1. The number of rotatable bonds is 2. The predicted octanol–water partition coefficient (Wildman–Crippen LogP) is -0.271. The summed E-state index contributed by atoms with van der Waals surface area (Å²) in [5.74, 6) is 1.77. The lowest BCUT2D eigenvalue weighted by Crippen LogP contribution is -2.37. The molecule has 0 bridgehead atoms. The van der Waals surface area contributed by atoms with Crippen LogP contribution in [0, 0.1) is 0 Å². The molecule has 0 saturated carbocycles. The number of H-pyrrole nitrogens is 1. The molecule has 1 aliphatic rings. The molecule has 1 aromatic rings. The van der Waals surface area contributed by atoms with Crippen LogP contribution in [0.5, 0.6) is 0 Å². The monoisotopic (exact) mass is 248 g/mol. The normalized spacial score (nSPS) is 19.2. The van der Waals surface area contributed by atoms with Crippen molar-refractivity contribution in [3.05, 3.63) is 6.20 Å². The summed E-state index contributed by atoms with van der Waals surface area (Å²) in [5, 5.41) is 6.05. The molecule has 0 atom stereocenters. The van der Waals surface area contributed by atoms with Crippen LogP contribution in [0.3, 0.4) is 0 Å². The highest BCUT2D eigenvalue weighted by Gasteiger charge is 2.28. The van der Waals surface area contributed by atoms with Gasteiger partial charge in [0, 0.05) is 24.6 Å². The number of nitrogens with two attached hydrogens (primary N) is 1. The smallest absolute Gasteiger partial charge is 0.248 e. The van der Waals surface area contributed by atoms with Gasteiger partial charge in [-0.05, 0) is 0 Å². The lowest BCUT2D eigenvalue weighted by atomic mass is 10.6. The molecule has 1 fully saturated rings. The summed E-state index contributed by atoms with van der Waals surface area (Å²) in [5.41, 5.74) is 5.50. The molecule has 0 radical (unpaired) electrons. The lowest BCUT2D eigenvalue weighted by Gasteiger charge is -2.25. The van der Waals surface area contributed by atoms with Gasteiger partial charge in [0.25, 0.3) is 0 Å². The third kappa shape index (κ3) is 1.97. The van der Waals surface area contributed by atoms with Gasteiger partial charge in [-0.1, -0.05) is 0 Å². The Morgan fingerprint density at radius 1 is 1.47 bits per heavy atom. The molecule has 6 nitrogen and oxygen atoms in total. The Morgan fingerprint density at radius 3 is 2.67 bits per heavy atom. The number of thioether (sulfide) groups is 1. The zero-order chi connectivity index (χ0) is 10.9. The van der Waals surface area contributed by atoms with Gasteiger partial charge in [-0.3, -0.25) is 5.10 Å². The fourth-order valence-corrected chi connectivity index (χ4v) is 4.00. The van der Waals surface area contributed by atoms with Gasteiger partial charge in [0.15, 0.2) is 0 Å². The molecular weight excluding hydrogens is 236 g/mol. The minimum absolute atomic E-state index is 0.0781. The first kappa shape index (κ1) is 10.8. The zero-order valence-corrected chi connectivity index (χ0v) is 9.64. The van der Waals surface area contributed by atoms with E-state index in [-0.39, 0.29) is 10.7 Å². The summed E-state index contributed by atoms with van der Waals surface area (Å²) in [6, 6.07) is 0.